The van der Waals surface area contributed by atoms with E-state index in [1.54, 1.807) is 0 Å². The molecule has 1 heterocycles. The highest BCUT2D eigenvalue weighted by Gasteiger charge is 2.24. The first-order chi connectivity index (χ1) is 15.0. The van der Waals surface area contributed by atoms with Crippen molar-refractivity contribution in [2.75, 3.05) is 0 Å². The number of thioether (sulfide) groups is 1. The summed E-state index contributed by atoms with van der Waals surface area (Å²) in [6.45, 7) is 4.53. The molecule has 4 nitrogen and oxygen atoms in total. The molecule has 0 radical (unpaired) electrons. The van der Waals surface area contributed by atoms with E-state index in [0.717, 1.165) is 28.1 Å². The van der Waals surface area contributed by atoms with Crippen molar-refractivity contribution in [2.24, 2.45) is 4.99 Å². The lowest BCUT2D eigenvalue weighted by Gasteiger charge is -2.06. The van der Waals surface area contributed by atoms with Crippen LogP contribution in [0.5, 0.6) is 5.75 Å². The third kappa shape index (κ3) is 5.57. The first-order valence-electron chi connectivity index (χ1n) is 9.80. The van der Waals surface area contributed by atoms with Crippen LogP contribution in [0.15, 0.2) is 76.6 Å². The van der Waals surface area contributed by atoms with E-state index in [0.29, 0.717) is 21.7 Å². The number of amidine groups is 1. The second-order valence-electron chi connectivity index (χ2n) is 7.26. The number of aliphatic imine (C=N–C) groups is 1. The number of benzene rings is 3. The number of nitrogens with zero attached hydrogens (tertiary/aromatic N) is 1. The third-order valence-corrected chi connectivity index (χ3v) is 5.88. The summed E-state index contributed by atoms with van der Waals surface area (Å²) >= 11 is 7.25. The molecular weight excluding hydrogens is 428 g/mol. The molecule has 156 valence electrons. The van der Waals surface area contributed by atoms with Gasteiger partial charge >= 0.3 is 0 Å². The van der Waals surface area contributed by atoms with Gasteiger partial charge in [-0.1, -0.05) is 53.6 Å². The van der Waals surface area contributed by atoms with E-state index in [1.807, 2.05) is 80.6 Å². The highest BCUT2D eigenvalue weighted by Crippen LogP contribution is 2.29. The number of hydrogen-bond acceptors (Lipinski definition) is 4. The molecule has 0 saturated carbocycles. The van der Waals surface area contributed by atoms with Crippen LogP contribution in [0, 0.1) is 13.8 Å². The molecule has 3 aromatic rings. The van der Waals surface area contributed by atoms with E-state index < -0.39 is 0 Å². The van der Waals surface area contributed by atoms with Crippen molar-refractivity contribution in [1.29, 1.82) is 0 Å². The Morgan fingerprint density at radius 2 is 1.77 bits per heavy atom. The van der Waals surface area contributed by atoms with E-state index >= 15 is 0 Å². The third-order valence-electron chi connectivity index (χ3n) is 4.72. The number of nitrogens with one attached hydrogen (secondary N) is 1. The Balaban J connectivity index is 1.41. The first-order valence-corrected chi connectivity index (χ1v) is 11.0. The van der Waals surface area contributed by atoms with Crippen molar-refractivity contribution in [1.82, 2.24) is 5.32 Å². The second-order valence-corrected chi connectivity index (χ2v) is 8.72. The fourth-order valence-corrected chi connectivity index (χ4v) is 4.04. The molecule has 1 amide bonds. The maximum atomic E-state index is 12.4. The van der Waals surface area contributed by atoms with Crippen molar-refractivity contribution in [3.63, 3.8) is 0 Å². The van der Waals surface area contributed by atoms with E-state index in [2.05, 4.69) is 16.4 Å². The monoisotopic (exact) mass is 448 g/mol. The molecule has 1 saturated heterocycles. The Kier molecular flexibility index (Phi) is 6.44. The molecular formula is C25H21ClN2O2S. The number of amides is 1. The molecule has 1 N–H and O–H groups in total. The molecule has 0 atom stereocenters. The van der Waals surface area contributed by atoms with E-state index in [4.69, 9.17) is 16.3 Å². The van der Waals surface area contributed by atoms with Gasteiger partial charge < -0.3 is 10.1 Å². The minimum atomic E-state index is -0.142. The molecule has 1 fully saturated rings. The molecule has 31 heavy (non-hydrogen) atoms. The fourth-order valence-electron chi connectivity index (χ4n) is 3.08. The average Bonchev–Trinajstić information content (AvgIpc) is 3.09. The van der Waals surface area contributed by atoms with Crippen molar-refractivity contribution in [2.45, 2.75) is 20.5 Å². The Labute approximate surface area is 191 Å². The van der Waals surface area contributed by atoms with Crippen molar-refractivity contribution >= 4 is 46.2 Å². The molecule has 0 aliphatic carbocycles. The lowest BCUT2D eigenvalue weighted by Crippen LogP contribution is -2.19. The molecule has 3 aromatic carbocycles. The Morgan fingerprint density at radius 3 is 2.48 bits per heavy atom. The van der Waals surface area contributed by atoms with E-state index in [1.165, 1.54) is 17.3 Å². The summed E-state index contributed by atoms with van der Waals surface area (Å²) in [6, 6.07) is 21.3. The number of aryl methyl sites for hydroxylation is 2. The number of halogens is 1. The zero-order chi connectivity index (χ0) is 21.8. The van der Waals surface area contributed by atoms with Gasteiger partial charge in [0.25, 0.3) is 5.91 Å². The van der Waals surface area contributed by atoms with Crippen LogP contribution < -0.4 is 10.1 Å². The SMILES string of the molecule is Cc1ccc(N=C2NC(=O)/C(=C\c3ccc(OCc4ccc(Cl)cc4)cc3)S2)c(C)c1. The van der Waals surface area contributed by atoms with Crippen LogP contribution in [-0.2, 0) is 11.4 Å². The summed E-state index contributed by atoms with van der Waals surface area (Å²) < 4.78 is 5.81. The van der Waals surface area contributed by atoms with Gasteiger partial charge in [-0.05, 0) is 78.7 Å². The van der Waals surface area contributed by atoms with E-state index in [9.17, 15) is 4.79 Å². The number of hydrogen-bond donors (Lipinski definition) is 1. The lowest BCUT2D eigenvalue weighted by atomic mass is 10.1. The minimum absolute atomic E-state index is 0.142. The Morgan fingerprint density at radius 1 is 1.03 bits per heavy atom. The number of carbonyl (C=O) groups is 1. The van der Waals surface area contributed by atoms with Crippen molar-refractivity contribution < 1.29 is 9.53 Å². The number of carbonyl (C=O) groups excluding carboxylic acids is 1. The lowest BCUT2D eigenvalue weighted by molar-refractivity contribution is -0.115. The largest absolute Gasteiger partial charge is 0.489 e. The Hall–Kier alpha value is -3.02. The van der Waals surface area contributed by atoms with Crippen LogP contribution >= 0.6 is 23.4 Å². The quantitative estimate of drug-likeness (QED) is 0.457. The Bertz CT molecular complexity index is 1170. The van der Waals surface area contributed by atoms with Gasteiger partial charge in [0.2, 0.25) is 0 Å². The first kappa shape index (κ1) is 21.2. The number of ether oxygens (including phenoxy) is 1. The van der Waals surface area contributed by atoms with E-state index in [-0.39, 0.29) is 5.91 Å². The second kappa shape index (κ2) is 9.41. The van der Waals surface area contributed by atoms with Gasteiger partial charge in [-0.25, -0.2) is 4.99 Å². The summed E-state index contributed by atoms with van der Waals surface area (Å²) in [6.07, 6.45) is 1.85. The van der Waals surface area contributed by atoms with Crippen LogP contribution in [-0.4, -0.2) is 11.1 Å². The van der Waals surface area contributed by atoms with Gasteiger partial charge in [-0.2, -0.15) is 0 Å². The normalized spacial score (nSPS) is 16.0. The maximum absolute atomic E-state index is 12.4. The van der Waals surface area contributed by atoms with Crippen molar-refractivity contribution in [3.8, 4) is 5.75 Å². The fraction of sp³-hybridized carbons (Fsp3) is 0.120. The predicted molar refractivity (Wildman–Crippen MR) is 129 cm³/mol. The maximum Gasteiger partial charge on any atom is 0.264 e. The molecule has 0 bridgehead atoms. The van der Waals surface area contributed by atoms with Crippen LogP contribution in [0.1, 0.15) is 22.3 Å². The zero-order valence-corrected chi connectivity index (χ0v) is 18.8. The standard InChI is InChI=1S/C25H21ClN2O2S/c1-16-3-12-22(17(2)13-16)27-25-28-24(29)23(31-25)14-18-6-10-21(11-7-18)30-15-19-4-8-20(26)9-5-19/h3-14H,15H2,1-2H3,(H,27,28,29)/b23-14+. The topological polar surface area (TPSA) is 50.7 Å². The summed E-state index contributed by atoms with van der Waals surface area (Å²) in [5, 5.41) is 4.13. The van der Waals surface area contributed by atoms with Gasteiger partial charge in [0.1, 0.15) is 12.4 Å². The molecule has 4 rings (SSSR count). The van der Waals surface area contributed by atoms with Crippen molar-refractivity contribution in [3.05, 3.63) is 98.9 Å². The van der Waals surface area contributed by atoms with Crippen LogP contribution in [0.2, 0.25) is 5.02 Å². The molecule has 6 heteroatoms. The summed E-state index contributed by atoms with van der Waals surface area (Å²) in [5.41, 5.74) is 5.09. The molecule has 0 spiro atoms. The predicted octanol–water partition coefficient (Wildman–Crippen LogP) is 6.43. The molecule has 1 aliphatic rings. The van der Waals surface area contributed by atoms with Gasteiger partial charge in [0, 0.05) is 5.02 Å². The average molecular weight is 449 g/mol. The number of rotatable bonds is 5. The zero-order valence-electron chi connectivity index (χ0n) is 17.2. The summed E-state index contributed by atoms with van der Waals surface area (Å²) in [7, 11) is 0. The molecule has 1 aliphatic heterocycles. The summed E-state index contributed by atoms with van der Waals surface area (Å²) in [5.74, 6) is 0.620. The molecule has 0 aromatic heterocycles. The highest BCUT2D eigenvalue weighted by atomic mass is 35.5. The van der Waals surface area contributed by atoms with Gasteiger partial charge in [0.05, 0.1) is 10.6 Å². The summed E-state index contributed by atoms with van der Waals surface area (Å²) in [4.78, 5) is 17.6. The highest BCUT2D eigenvalue weighted by molar-refractivity contribution is 8.18. The van der Waals surface area contributed by atoms with Gasteiger partial charge in [-0.15, -0.1) is 0 Å². The van der Waals surface area contributed by atoms with Crippen LogP contribution in [0.4, 0.5) is 5.69 Å². The smallest absolute Gasteiger partial charge is 0.264 e. The van der Waals surface area contributed by atoms with Gasteiger partial charge in [0.15, 0.2) is 5.17 Å². The minimum Gasteiger partial charge on any atom is -0.489 e. The van der Waals surface area contributed by atoms with Gasteiger partial charge in [-0.3, -0.25) is 4.79 Å². The van der Waals surface area contributed by atoms with Crippen LogP contribution in [0.25, 0.3) is 6.08 Å². The molecule has 0 unspecified atom stereocenters. The van der Waals surface area contributed by atoms with Crippen LogP contribution in [0.3, 0.4) is 0 Å².